The van der Waals surface area contributed by atoms with Gasteiger partial charge in [-0.15, -0.1) is 0 Å². The Hall–Kier alpha value is -1.43. The summed E-state index contributed by atoms with van der Waals surface area (Å²) in [5.41, 5.74) is 1.10. The van der Waals surface area contributed by atoms with E-state index < -0.39 is 11.7 Å². The van der Waals surface area contributed by atoms with Gasteiger partial charge in [-0.2, -0.15) is 0 Å². The Morgan fingerprint density at radius 2 is 1.95 bits per heavy atom. The van der Waals surface area contributed by atoms with Crippen LogP contribution in [0.15, 0.2) is 30.3 Å². The van der Waals surface area contributed by atoms with Crippen molar-refractivity contribution in [2.45, 2.75) is 25.7 Å². The zero-order valence-corrected chi connectivity index (χ0v) is 12.5. The quantitative estimate of drug-likeness (QED) is 0.569. The molecule has 1 unspecified atom stereocenters. The monoisotopic (exact) mass is 294 g/mol. The van der Waals surface area contributed by atoms with E-state index in [0.29, 0.717) is 32.8 Å². The van der Waals surface area contributed by atoms with E-state index in [1.165, 1.54) is 7.11 Å². The molecule has 5 nitrogen and oxygen atoms in total. The lowest BCUT2D eigenvalue weighted by Crippen LogP contribution is -2.42. The van der Waals surface area contributed by atoms with Crippen LogP contribution < -0.4 is 0 Å². The highest BCUT2D eigenvalue weighted by atomic mass is 16.7. The van der Waals surface area contributed by atoms with Gasteiger partial charge in [-0.25, -0.2) is 0 Å². The van der Waals surface area contributed by atoms with Gasteiger partial charge in [0.2, 0.25) is 0 Å². The van der Waals surface area contributed by atoms with E-state index in [2.05, 4.69) is 0 Å². The Morgan fingerprint density at radius 1 is 1.29 bits per heavy atom. The van der Waals surface area contributed by atoms with Gasteiger partial charge < -0.3 is 18.9 Å². The molecule has 2 rings (SSSR count). The highest BCUT2D eigenvalue weighted by molar-refractivity contribution is 5.73. The third kappa shape index (κ3) is 4.27. The molecule has 0 spiro atoms. The summed E-state index contributed by atoms with van der Waals surface area (Å²) in [7, 11) is 1.37. The summed E-state index contributed by atoms with van der Waals surface area (Å²) in [6, 6.07) is 9.91. The summed E-state index contributed by atoms with van der Waals surface area (Å²) in [4.78, 5) is 11.9. The third-order valence-corrected chi connectivity index (χ3v) is 3.64. The predicted molar refractivity (Wildman–Crippen MR) is 76.5 cm³/mol. The fraction of sp³-hybridized carbons (Fsp3) is 0.562. The van der Waals surface area contributed by atoms with Crippen LogP contribution in [0.4, 0.5) is 0 Å². The van der Waals surface area contributed by atoms with Crippen LogP contribution >= 0.6 is 0 Å². The lowest BCUT2D eigenvalue weighted by atomic mass is 9.96. The van der Waals surface area contributed by atoms with Gasteiger partial charge in [-0.1, -0.05) is 30.3 Å². The number of rotatable bonds is 7. The van der Waals surface area contributed by atoms with Crippen molar-refractivity contribution in [1.82, 2.24) is 0 Å². The molecule has 0 amide bonds. The minimum atomic E-state index is -0.913. The van der Waals surface area contributed by atoms with Gasteiger partial charge in [-0.3, -0.25) is 4.79 Å². The summed E-state index contributed by atoms with van der Waals surface area (Å²) in [5.74, 6) is -1.73. The van der Waals surface area contributed by atoms with Crippen molar-refractivity contribution in [2.24, 2.45) is 5.92 Å². The molecule has 5 heteroatoms. The molecule has 1 atom stereocenters. The number of carbonyl (C=O) groups is 1. The van der Waals surface area contributed by atoms with Crippen molar-refractivity contribution in [1.29, 1.82) is 0 Å². The van der Waals surface area contributed by atoms with Crippen LogP contribution in [0.2, 0.25) is 0 Å². The molecule has 21 heavy (non-hydrogen) atoms. The number of esters is 1. The average molecular weight is 294 g/mol. The molecule has 1 fully saturated rings. The number of methoxy groups -OCH3 is 1. The molecule has 1 aromatic rings. The largest absolute Gasteiger partial charge is 0.469 e. The second-order valence-corrected chi connectivity index (χ2v) is 5.12. The molecule has 1 aromatic carbocycles. The summed E-state index contributed by atoms with van der Waals surface area (Å²) >= 11 is 0. The molecule has 0 N–H and O–H groups in total. The lowest BCUT2D eigenvalue weighted by Gasteiger charge is -2.30. The Morgan fingerprint density at radius 3 is 2.57 bits per heavy atom. The Labute approximate surface area is 125 Å². The molecule has 1 aliphatic heterocycles. The van der Waals surface area contributed by atoms with Crippen LogP contribution in [0.5, 0.6) is 0 Å². The van der Waals surface area contributed by atoms with Gasteiger partial charge in [-0.05, 0) is 18.9 Å². The number of carbonyl (C=O) groups excluding carboxylic acids is 1. The molecule has 1 saturated heterocycles. The van der Waals surface area contributed by atoms with E-state index in [0.717, 1.165) is 5.56 Å². The molecule has 0 bridgehead atoms. The van der Waals surface area contributed by atoms with Gasteiger partial charge in [0, 0.05) is 6.61 Å². The average Bonchev–Trinajstić information content (AvgIpc) is 2.95. The van der Waals surface area contributed by atoms with Crippen molar-refractivity contribution >= 4 is 5.97 Å². The maximum Gasteiger partial charge on any atom is 0.314 e. The SMILES string of the molecule is COC(=O)C(CCOCc1ccccc1)C1(C)OCCO1. The summed E-state index contributed by atoms with van der Waals surface area (Å²) in [6.07, 6.45) is 0.496. The van der Waals surface area contributed by atoms with Crippen LogP contribution in [0, 0.1) is 5.92 Å². The second kappa shape index (κ2) is 7.54. The number of ether oxygens (including phenoxy) is 4. The first-order chi connectivity index (χ1) is 10.2. The van der Waals surface area contributed by atoms with Crippen LogP contribution in [0.3, 0.4) is 0 Å². The molecule has 116 valence electrons. The fourth-order valence-corrected chi connectivity index (χ4v) is 2.43. The van der Waals surface area contributed by atoms with E-state index in [9.17, 15) is 4.79 Å². The van der Waals surface area contributed by atoms with Crippen molar-refractivity contribution < 1.29 is 23.7 Å². The molecule has 0 aliphatic carbocycles. The standard InChI is InChI=1S/C16H22O5/c1-16(20-10-11-21-16)14(15(17)18-2)8-9-19-12-13-6-4-3-5-7-13/h3-7,14H,8-12H2,1-2H3. The third-order valence-electron chi connectivity index (χ3n) is 3.64. The normalized spacial score (nSPS) is 18.4. The molecule has 0 saturated carbocycles. The summed E-state index contributed by atoms with van der Waals surface area (Å²) < 4.78 is 21.6. The molecule has 1 aliphatic rings. The van der Waals surface area contributed by atoms with Gasteiger partial charge in [0.05, 0.1) is 26.9 Å². The van der Waals surface area contributed by atoms with Crippen LogP contribution in [-0.2, 0) is 30.3 Å². The highest BCUT2D eigenvalue weighted by Crippen LogP contribution is 2.31. The molecule has 1 heterocycles. The first-order valence-corrected chi connectivity index (χ1v) is 7.13. The van der Waals surface area contributed by atoms with Crippen molar-refractivity contribution in [3.05, 3.63) is 35.9 Å². The first-order valence-electron chi connectivity index (χ1n) is 7.13. The van der Waals surface area contributed by atoms with E-state index in [1.807, 2.05) is 30.3 Å². The number of benzene rings is 1. The second-order valence-electron chi connectivity index (χ2n) is 5.12. The van der Waals surface area contributed by atoms with Crippen molar-refractivity contribution in [2.75, 3.05) is 26.9 Å². The van der Waals surface area contributed by atoms with Crippen molar-refractivity contribution in [3.8, 4) is 0 Å². The topological polar surface area (TPSA) is 54.0 Å². The van der Waals surface area contributed by atoms with Crippen LogP contribution in [0.25, 0.3) is 0 Å². The zero-order chi connectivity index (χ0) is 15.1. The van der Waals surface area contributed by atoms with Crippen molar-refractivity contribution in [3.63, 3.8) is 0 Å². The van der Waals surface area contributed by atoms with Crippen LogP contribution in [0.1, 0.15) is 18.9 Å². The number of hydrogen-bond donors (Lipinski definition) is 0. The van der Waals surface area contributed by atoms with E-state index in [1.54, 1.807) is 6.92 Å². The lowest BCUT2D eigenvalue weighted by molar-refractivity contribution is -0.201. The van der Waals surface area contributed by atoms with E-state index in [4.69, 9.17) is 18.9 Å². The Balaban J connectivity index is 1.83. The summed E-state index contributed by atoms with van der Waals surface area (Å²) in [6.45, 7) is 3.73. The minimum absolute atomic E-state index is 0.331. The van der Waals surface area contributed by atoms with Gasteiger partial charge in [0.1, 0.15) is 5.92 Å². The smallest absolute Gasteiger partial charge is 0.314 e. The highest BCUT2D eigenvalue weighted by Gasteiger charge is 2.44. The number of hydrogen-bond acceptors (Lipinski definition) is 5. The Kier molecular flexibility index (Phi) is 5.73. The van der Waals surface area contributed by atoms with E-state index >= 15 is 0 Å². The van der Waals surface area contributed by atoms with Gasteiger partial charge >= 0.3 is 5.97 Å². The van der Waals surface area contributed by atoms with Crippen LogP contribution in [-0.4, -0.2) is 38.7 Å². The minimum Gasteiger partial charge on any atom is -0.469 e. The van der Waals surface area contributed by atoms with Gasteiger partial charge in [0.25, 0.3) is 0 Å². The molecular formula is C16H22O5. The fourth-order valence-electron chi connectivity index (χ4n) is 2.43. The maximum atomic E-state index is 11.9. The Bertz CT molecular complexity index is 439. The molecule has 0 radical (unpaired) electrons. The maximum absolute atomic E-state index is 11.9. The zero-order valence-electron chi connectivity index (χ0n) is 12.5. The van der Waals surface area contributed by atoms with Gasteiger partial charge in [0.15, 0.2) is 5.79 Å². The summed E-state index contributed by atoms with van der Waals surface area (Å²) in [5, 5.41) is 0. The van der Waals surface area contributed by atoms with E-state index in [-0.39, 0.29) is 5.97 Å². The molecular weight excluding hydrogens is 272 g/mol. The predicted octanol–water partition coefficient (Wildman–Crippen LogP) is 2.15. The first kappa shape index (κ1) is 15.9. The molecule has 0 aromatic heterocycles.